The smallest absolute Gasteiger partial charge is 0.407 e. The third-order valence-electron chi connectivity index (χ3n) is 14.7. The van der Waals surface area contributed by atoms with Crippen molar-refractivity contribution in [2.24, 2.45) is 17.6 Å². The summed E-state index contributed by atoms with van der Waals surface area (Å²) < 4.78 is 24.2. The third-order valence-corrected chi connectivity index (χ3v) is 15.1. The number of carbonyl (C=O) groups is 9. The number of amides is 9. The molecule has 10 N–H and O–H groups in total. The fraction of sp³-hybridized carbons (Fsp3) is 0.642. The Labute approximate surface area is 454 Å². The number of nitrogens with one attached hydrogen (secondary N) is 8. The monoisotopic (exact) mass is 1090 g/mol. The lowest BCUT2D eigenvalue weighted by atomic mass is 9.68. The van der Waals surface area contributed by atoms with Crippen LogP contribution in [0.25, 0.3) is 10.9 Å². The number of hydrogen-bond donors (Lipinski definition) is 10. The SMILES string of the molecule is CO[C@@H]1[C@H](OC(=O)NCC(=O)N2CCCC2C(=O)N[C@@H](CC(C)C)C(=O)NCC(=O)N[C@@H](CCCS)C(=O)N[C@@H](Cc2c[nH]c3ccccc23)C(=O)N[C@@H](C)C(=O)NCC(N)=O)CC[C@]2(CO2)[C@H]1[C@@]1(C)O[C@@H]1CC=C(C)C. The van der Waals surface area contributed by atoms with Crippen LogP contribution in [0, 0.1) is 11.8 Å². The molecule has 0 bridgehead atoms. The molecular weight excluding hydrogens is 1020 g/mol. The predicted octanol–water partition coefficient (Wildman–Crippen LogP) is 0.937. The van der Waals surface area contributed by atoms with Crippen LogP contribution in [0.1, 0.15) is 98.5 Å². The van der Waals surface area contributed by atoms with Gasteiger partial charge >= 0.3 is 6.09 Å². The highest BCUT2D eigenvalue weighted by atomic mass is 32.1. The maximum Gasteiger partial charge on any atom is 0.407 e. The van der Waals surface area contributed by atoms with Gasteiger partial charge in [0.05, 0.1) is 31.7 Å². The Balaban J connectivity index is 1.02. The fourth-order valence-corrected chi connectivity index (χ4v) is 10.8. The first-order valence-corrected chi connectivity index (χ1v) is 27.1. The summed E-state index contributed by atoms with van der Waals surface area (Å²) in [5, 5.41) is 19.0. The molecule has 23 nitrogen and oxygen atoms in total. The van der Waals surface area contributed by atoms with E-state index in [0.29, 0.717) is 50.0 Å². The second-order valence-electron chi connectivity index (χ2n) is 21.4. The number of alkyl carbamates (subject to hydrolysis) is 1. The van der Waals surface area contributed by atoms with Crippen molar-refractivity contribution in [3.8, 4) is 0 Å². The van der Waals surface area contributed by atoms with Crippen LogP contribution in [0.5, 0.6) is 0 Å². The number of nitrogens with zero attached hydrogens (tertiary/aromatic N) is 1. The van der Waals surface area contributed by atoms with Crippen LogP contribution in [0.4, 0.5) is 4.79 Å². The largest absolute Gasteiger partial charge is 0.443 e. The van der Waals surface area contributed by atoms with Crippen LogP contribution in [-0.2, 0) is 63.7 Å². The molecule has 1 unspecified atom stereocenters. The molecule has 3 saturated heterocycles. The number of allylic oxidation sites excluding steroid dienone is 1. The Morgan fingerprint density at radius 1 is 0.896 bits per heavy atom. The number of hydrogen-bond acceptors (Lipinski definition) is 14. The van der Waals surface area contributed by atoms with Gasteiger partial charge in [0.2, 0.25) is 47.3 Å². The maximum absolute atomic E-state index is 14.0. The summed E-state index contributed by atoms with van der Waals surface area (Å²) in [5.41, 5.74) is 6.87. The molecule has 24 heteroatoms. The van der Waals surface area contributed by atoms with E-state index in [1.807, 2.05) is 58.9 Å². The topological polar surface area (TPSA) is 326 Å². The van der Waals surface area contributed by atoms with Crippen molar-refractivity contribution >= 4 is 76.9 Å². The first kappa shape index (κ1) is 60.0. The van der Waals surface area contributed by atoms with E-state index in [0.717, 1.165) is 17.3 Å². The molecule has 0 radical (unpaired) electrons. The van der Waals surface area contributed by atoms with Crippen LogP contribution in [0.15, 0.2) is 42.1 Å². The molecule has 4 fully saturated rings. The minimum Gasteiger partial charge on any atom is -0.443 e. The van der Waals surface area contributed by atoms with E-state index >= 15 is 0 Å². The molecule has 4 aliphatic rings. The number of primary amides is 1. The van der Waals surface area contributed by atoms with Gasteiger partial charge in [-0.1, -0.05) is 43.7 Å². The summed E-state index contributed by atoms with van der Waals surface area (Å²) in [6, 6.07) is 1.77. The van der Waals surface area contributed by atoms with E-state index in [2.05, 4.69) is 60.9 Å². The molecule has 1 saturated carbocycles. The zero-order valence-corrected chi connectivity index (χ0v) is 46.0. The summed E-state index contributed by atoms with van der Waals surface area (Å²) in [6.45, 7) is 10.6. The summed E-state index contributed by atoms with van der Waals surface area (Å²) in [6.07, 6.45) is 5.22. The summed E-state index contributed by atoms with van der Waals surface area (Å²) in [5.74, 6) is -5.31. The average molecular weight is 1100 g/mol. The van der Waals surface area contributed by atoms with Gasteiger partial charge in [-0.25, -0.2) is 4.79 Å². The van der Waals surface area contributed by atoms with Crippen molar-refractivity contribution in [3.63, 3.8) is 0 Å². The van der Waals surface area contributed by atoms with Crippen LogP contribution < -0.4 is 43.0 Å². The lowest BCUT2D eigenvalue weighted by Gasteiger charge is -2.42. The number of H-pyrrole nitrogens is 1. The summed E-state index contributed by atoms with van der Waals surface area (Å²) in [4.78, 5) is 124. The number of benzene rings is 1. The Kier molecular flexibility index (Phi) is 20.9. The van der Waals surface area contributed by atoms with Crippen molar-refractivity contribution in [2.45, 2.75) is 159 Å². The highest BCUT2D eigenvalue weighted by molar-refractivity contribution is 7.80. The number of rotatable bonds is 27. The second-order valence-corrected chi connectivity index (χ2v) is 21.8. The van der Waals surface area contributed by atoms with Crippen molar-refractivity contribution in [2.75, 3.05) is 45.6 Å². The number of fused-ring (bicyclic) bond motifs is 1. The van der Waals surface area contributed by atoms with E-state index in [1.54, 1.807) is 13.3 Å². The normalized spacial score (nSPS) is 24.8. The standard InChI is InChI=1S/C53H78N10O13S/c1-29(2)16-17-40-52(6,76-40)45-44(73-7)39(18-19-53(45)28-74-53)75-51(72)58-27-43(66)63-20-10-15-38(63)50(71)62-36(22-30(3)4)47(68)57-26-42(65)60-35(14-11-21-77)48(69)61-37(23-32-24-55-34-13-9-8-12-33(32)34)49(70)59-31(5)46(67)56-25-41(54)64/h8-9,12-13,16,24,30-31,35-40,44-45,55,77H,10-11,14-15,17-23,25-28H2,1-7H3,(H2,54,64)(H,56,67)(H,57,68)(H,58,72)(H,59,70)(H,60,65)(H,61,69)(H,62,71)/t31-,35-,36-,37-,38?,39+,40+,44+,45+,52-,53-/m0/s1. The van der Waals surface area contributed by atoms with Gasteiger partial charge in [0.15, 0.2) is 0 Å². The third kappa shape index (κ3) is 15.9. The minimum atomic E-state index is -1.24. The summed E-state index contributed by atoms with van der Waals surface area (Å²) in [7, 11) is 1.58. The van der Waals surface area contributed by atoms with E-state index in [9.17, 15) is 43.2 Å². The molecule has 1 aromatic heterocycles. The Morgan fingerprint density at radius 2 is 1.61 bits per heavy atom. The van der Waals surface area contributed by atoms with Gasteiger partial charge in [-0.2, -0.15) is 12.6 Å². The molecule has 1 aliphatic carbocycles. The van der Waals surface area contributed by atoms with Crippen molar-refractivity contribution < 1.29 is 62.1 Å². The lowest BCUT2D eigenvalue weighted by molar-refractivity contribution is -0.139. The molecule has 6 rings (SSSR count). The van der Waals surface area contributed by atoms with Crippen molar-refractivity contribution in [3.05, 3.63) is 47.7 Å². The molecule has 424 valence electrons. The highest BCUT2D eigenvalue weighted by Crippen LogP contribution is 2.59. The number of ether oxygens (including phenoxy) is 4. The molecule has 4 heterocycles. The van der Waals surface area contributed by atoms with Gasteiger partial charge in [-0.05, 0) is 102 Å². The molecule has 2 aromatic rings. The first-order valence-electron chi connectivity index (χ1n) is 26.5. The van der Waals surface area contributed by atoms with E-state index in [4.69, 9.17) is 24.7 Å². The number of carbonyl (C=O) groups excluding carboxylic acids is 9. The first-order chi connectivity index (χ1) is 36.6. The van der Waals surface area contributed by atoms with Crippen LogP contribution in [0.2, 0.25) is 0 Å². The number of thiol groups is 1. The minimum absolute atomic E-state index is 0.0100. The van der Waals surface area contributed by atoms with Crippen LogP contribution >= 0.6 is 12.6 Å². The predicted molar refractivity (Wildman–Crippen MR) is 286 cm³/mol. The van der Waals surface area contributed by atoms with Gasteiger partial charge in [0.1, 0.15) is 60.2 Å². The molecule has 77 heavy (non-hydrogen) atoms. The molecule has 1 spiro atoms. The number of aromatic nitrogens is 1. The highest BCUT2D eigenvalue weighted by Gasteiger charge is 2.72. The quantitative estimate of drug-likeness (QED) is 0.0339. The number of aromatic amines is 1. The second kappa shape index (κ2) is 26.9. The number of methoxy groups -OCH3 is 1. The molecule has 3 aliphatic heterocycles. The number of likely N-dealkylation sites (tertiary alicyclic amines) is 1. The number of nitrogens with two attached hydrogens (primary N) is 1. The lowest BCUT2D eigenvalue weighted by Crippen LogP contribution is -2.58. The number of epoxide rings is 2. The molecule has 9 amide bonds. The van der Waals surface area contributed by atoms with Gasteiger partial charge in [0, 0.05) is 37.2 Å². The zero-order valence-electron chi connectivity index (χ0n) is 45.1. The van der Waals surface area contributed by atoms with E-state index in [1.165, 1.54) is 17.4 Å². The maximum atomic E-state index is 14.0. The van der Waals surface area contributed by atoms with Crippen LogP contribution in [0.3, 0.4) is 0 Å². The Morgan fingerprint density at radius 3 is 2.29 bits per heavy atom. The Hall–Kier alpha value is -6.24. The molecule has 1 aromatic carbocycles. The van der Waals surface area contributed by atoms with Crippen molar-refractivity contribution in [1.82, 2.24) is 47.1 Å². The van der Waals surface area contributed by atoms with Gasteiger partial charge in [-0.15, -0.1) is 0 Å². The Bertz CT molecular complexity index is 2510. The van der Waals surface area contributed by atoms with Crippen molar-refractivity contribution in [1.29, 1.82) is 0 Å². The van der Waals surface area contributed by atoms with E-state index in [-0.39, 0.29) is 43.7 Å². The van der Waals surface area contributed by atoms with Gasteiger partial charge in [0.25, 0.3) is 0 Å². The zero-order chi connectivity index (χ0) is 56.2. The fourth-order valence-electron chi connectivity index (χ4n) is 10.6. The van der Waals surface area contributed by atoms with Gasteiger partial charge in [-0.3, -0.25) is 38.4 Å². The average Bonchev–Trinajstić information content (AvgIpc) is 4.22. The van der Waals surface area contributed by atoms with Gasteiger partial charge < -0.3 is 71.8 Å². The number of para-hydroxylation sites is 1. The van der Waals surface area contributed by atoms with E-state index < -0.39 is 127 Å². The van der Waals surface area contributed by atoms with Crippen LogP contribution in [-0.4, -0.2) is 169 Å². The summed E-state index contributed by atoms with van der Waals surface area (Å²) >= 11 is 4.28. The molecule has 11 atom stereocenters. The molecular formula is C53H78N10O13S.